The van der Waals surface area contributed by atoms with Crippen molar-refractivity contribution in [2.75, 3.05) is 13.2 Å². The average molecular weight is 210 g/mol. The molecule has 1 aromatic rings. The lowest BCUT2D eigenvalue weighted by Gasteiger charge is -2.11. The normalized spacial score (nSPS) is 12.6. The number of aliphatic hydroxyl groups is 2. The van der Waals surface area contributed by atoms with Crippen molar-refractivity contribution in [3.05, 3.63) is 29.8 Å². The van der Waals surface area contributed by atoms with Crippen molar-refractivity contribution < 1.29 is 14.9 Å². The fourth-order valence-electron chi connectivity index (χ4n) is 1.13. The molecule has 1 heterocycles. The molecule has 0 aliphatic heterocycles. The van der Waals surface area contributed by atoms with E-state index in [0.29, 0.717) is 5.88 Å². The number of ether oxygens (including phenoxy) is 1. The minimum absolute atomic E-state index is 0.0405. The molecular weight excluding hydrogens is 194 g/mol. The Bertz CT molecular complexity index is 316. The summed E-state index contributed by atoms with van der Waals surface area (Å²) in [5.74, 6) is 0.449. The second-order valence-corrected chi connectivity index (χ2v) is 3.49. The van der Waals surface area contributed by atoms with Crippen LogP contribution in [0.2, 0.25) is 0 Å². The van der Waals surface area contributed by atoms with Crippen LogP contribution in [0, 0.1) is 20.8 Å². The molecule has 2 N–H and O–H groups in total. The fraction of sp³-hybridized carbons (Fsp3) is 0.455. The Morgan fingerprint density at radius 1 is 1.53 bits per heavy atom. The van der Waals surface area contributed by atoms with Crippen molar-refractivity contribution >= 4 is 0 Å². The number of rotatable bonds is 4. The molecule has 0 saturated carbocycles. The van der Waals surface area contributed by atoms with Gasteiger partial charge in [-0.05, 0) is 31.9 Å². The highest BCUT2D eigenvalue weighted by Gasteiger charge is 2.06. The van der Waals surface area contributed by atoms with Crippen LogP contribution in [0.5, 0.6) is 5.88 Å². The molecule has 0 saturated heterocycles. The maximum atomic E-state index is 9.10. The zero-order valence-electron chi connectivity index (χ0n) is 9.03. The van der Waals surface area contributed by atoms with Crippen molar-refractivity contribution in [1.82, 2.24) is 4.98 Å². The van der Waals surface area contributed by atoms with Crippen LogP contribution in [0.25, 0.3) is 0 Å². The van der Waals surface area contributed by atoms with Gasteiger partial charge in [0.05, 0.1) is 6.61 Å². The van der Waals surface area contributed by atoms with Gasteiger partial charge in [0.2, 0.25) is 5.88 Å². The summed E-state index contributed by atoms with van der Waals surface area (Å²) in [7, 11) is 0. The third kappa shape index (κ3) is 3.18. The summed E-state index contributed by atoms with van der Waals surface area (Å²) in [4.78, 5) is 4.16. The van der Waals surface area contributed by atoms with Crippen LogP contribution >= 0.6 is 0 Å². The summed E-state index contributed by atoms with van der Waals surface area (Å²) in [5, 5.41) is 17.7. The van der Waals surface area contributed by atoms with E-state index in [1.165, 1.54) is 0 Å². The summed E-state index contributed by atoms with van der Waals surface area (Å²) in [6.45, 7) is 7.37. The van der Waals surface area contributed by atoms with Crippen molar-refractivity contribution in [1.29, 1.82) is 0 Å². The van der Waals surface area contributed by atoms with Crippen molar-refractivity contribution in [3.63, 3.8) is 0 Å². The Kier molecular flexibility index (Phi) is 4.05. The second kappa shape index (κ2) is 5.09. The maximum absolute atomic E-state index is 9.10. The summed E-state index contributed by atoms with van der Waals surface area (Å²) in [5.41, 5.74) is 2.70. The molecule has 0 aliphatic carbocycles. The van der Waals surface area contributed by atoms with Gasteiger partial charge in [-0.25, -0.2) is 4.98 Å². The maximum Gasteiger partial charge on any atom is 0.213 e. The van der Waals surface area contributed by atoms with Gasteiger partial charge in [0.1, 0.15) is 12.7 Å². The van der Waals surface area contributed by atoms with E-state index in [0.717, 1.165) is 16.8 Å². The van der Waals surface area contributed by atoms with E-state index in [9.17, 15) is 0 Å². The zero-order chi connectivity index (χ0) is 11.4. The van der Waals surface area contributed by atoms with E-state index in [4.69, 9.17) is 14.9 Å². The predicted octanol–water partition coefficient (Wildman–Crippen LogP) is 0.613. The van der Waals surface area contributed by atoms with Gasteiger partial charge in [0.25, 0.3) is 0 Å². The second-order valence-electron chi connectivity index (χ2n) is 3.49. The van der Waals surface area contributed by atoms with Gasteiger partial charge in [-0.3, -0.25) is 0 Å². The van der Waals surface area contributed by atoms with Gasteiger partial charge < -0.3 is 14.9 Å². The van der Waals surface area contributed by atoms with E-state index < -0.39 is 6.10 Å². The largest absolute Gasteiger partial charge is 0.475 e. The molecule has 83 valence electrons. The minimum Gasteiger partial charge on any atom is -0.475 e. The molecule has 0 amide bonds. The number of nitrogens with zero attached hydrogens (tertiary/aromatic N) is 1. The SMILES string of the molecule is [CH2]c1c(C)cc(OCC(O)CO)nc1C. The van der Waals surface area contributed by atoms with E-state index in [-0.39, 0.29) is 13.2 Å². The fourth-order valence-corrected chi connectivity index (χ4v) is 1.13. The van der Waals surface area contributed by atoms with Gasteiger partial charge in [0.15, 0.2) is 0 Å². The molecule has 1 atom stereocenters. The van der Waals surface area contributed by atoms with E-state index in [1.54, 1.807) is 6.07 Å². The lowest BCUT2D eigenvalue weighted by atomic mass is 10.1. The number of hydrogen-bond acceptors (Lipinski definition) is 4. The monoisotopic (exact) mass is 210 g/mol. The molecule has 0 aromatic carbocycles. The van der Waals surface area contributed by atoms with E-state index in [1.807, 2.05) is 13.8 Å². The third-order valence-corrected chi connectivity index (χ3v) is 2.16. The Balaban J connectivity index is 2.70. The Morgan fingerprint density at radius 3 is 2.73 bits per heavy atom. The van der Waals surface area contributed by atoms with Crippen LogP contribution in [0.15, 0.2) is 6.07 Å². The van der Waals surface area contributed by atoms with E-state index >= 15 is 0 Å². The molecule has 1 radical (unpaired) electrons. The number of aromatic nitrogens is 1. The molecule has 4 heteroatoms. The Hall–Kier alpha value is -1.13. The van der Waals surface area contributed by atoms with Crippen LogP contribution in [0.4, 0.5) is 0 Å². The average Bonchev–Trinajstić information content (AvgIpc) is 2.22. The van der Waals surface area contributed by atoms with Crippen molar-refractivity contribution in [2.45, 2.75) is 20.0 Å². The number of pyridine rings is 1. The molecule has 1 rings (SSSR count). The molecule has 15 heavy (non-hydrogen) atoms. The molecule has 1 aromatic heterocycles. The first-order valence-corrected chi connectivity index (χ1v) is 4.76. The highest BCUT2D eigenvalue weighted by Crippen LogP contribution is 2.16. The minimum atomic E-state index is -0.869. The Labute approximate surface area is 89.5 Å². The summed E-state index contributed by atoms with van der Waals surface area (Å²) in [6, 6.07) is 1.76. The van der Waals surface area contributed by atoms with Gasteiger partial charge in [-0.2, -0.15) is 0 Å². The third-order valence-electron chi connectivity index (χ3n) is 2.16. The van der Waals surface area contributed by atoms with Crippen molar-refractivity contribution in [3.8, 4) is 5.88 Å². The molecule has 4 nitrogen and oxygen atoms in total. The highest BCUT2D eigenvalue weighted by atomic mass is 16.5. The molecule has 1 unspecified atom stereocenters. The Morgan fingerprint density at radius 2 is 2.20 bits per heavy atom. The first-order valence-electron chi connectivity index (χ1n) is 4.76. The van der Waals surface area contributed by atoms with Crippen molar-refractivity contribution in [2.24, 2.45) is 0 Å². The lowest BCUT2D eigenvalue weighted by molar-refractivity contribution is 0.0520. The number of hydrogen-bond donors (Lipinski definition) is 2. The summed E-state index contributed by atoms with van der Waals surface area (Å²) >= 11 is 0. The zero-order valence-corrected chi connectivity index (χ0v) is 9.03. The quantitative estimate of drug-likeness (QED) is 0.764. The first kappa shape index (κ1) is 11.9. The summed E-state index contributed by atoms with van der Waals surface area (Å²) in [6.07, 6.45) is -0.869. The first-order chi connectivity index (χ1) is 7.04. The summed E-state index contributed by atoms with van der Waals surface area (Å²) < 4.78 is 5.23. The van der Waals surface area contributed by atoms with Gasteiger partial charge >= 0.3 is 0 Å². The van der Waals surface area contributed by atoms with Crippen LogP contribution in [-0.4, -0.2) is 34.5 Å². The van der Waals surface area contributed by atoms with Crippen LogP contribution in [0.3, 0.4) is 0 Å². The van der Waals surface area contributed by atoms with E-state index in [2.05, 4.69) is 11.9 Å². The molecule has 0 spiro atoms. The molecule has 0 fully saturated rings. The van der Waals surface area contributed by atoms with Gasteiger partial charge in [-0.15, -0.1) is 0 Å². The number of aliphatic hydroxyl groups excluding tert-OH is 2. The molecular formula is C11H16NO3. The topological polar surface area (TPSA) is 62.6 Å². The van der Waals surface area contributed by atoms with Crippen LogP contribution in [0.1, 0.15) is 16.8 Å². The molecule has 0 bridgehead atoms. The smallest absolute Gasteiger partial charge is 0.213 e. The lowest BCUT2D eigenvalue weighted by Crippen LogP contribution is -2.21. The highest BCUT2D eigenvalue weighted by molar-refractivity contribution is 5.35. The van der Waals surface area contributed by atoms with Crippen LogP contribution < -0.4 is 4.74 Å². The van der Waals surface area contributed by atoms with Crippen LogP contribution in [-0.2, 0) is 0 Å². The predicted molar refractivity (Wildman–Crippen MR) is 56.8 cm³/mol. The standard InChI is InChI=1S/C11H16NO3/c1-7-4-11(12-9(3)8(7)2)15-6-10(14)5-13/h4,10,13-14H,2,5-6H2,1,3H3. The molecule has 0 aliphatic rings. The number of aryl methyl sites for hydroxylation is 2. The van der Waals surface area contributed by atoms with Gasteiger partial charge in [-0.1, -0.05) is 0 Å². The van der Waals surface area contributed by atoms with Gasteiger partial charge in [0, 0.05) is 11.8 Å².